The third kappa shape index (κ3) is 1.48. The Balaban J connectivity index is 2.65. The van der Waals surface area contributed by atoms with Crippen molar-refractivity contribution in [3.8, 4) is 0 Å². The van der Waals surface area contributed by atoms with E-state index in [2.05, 4.69) is 6.58 Å². The smallest absolute Gasteiger partial charge is 0.177 e. The maximum absolute atomic E-state index is 12.6. The fraction of sp³-hybridized carbons (Fsp3) is 0.375. The van der Waals surface area contributed by atoms with Gasteiger partial charge in [0.05, 0.1) is 5.41 Å². The number of carbonyl (C=O) groups is 2. The summed E-state index contributed by atoms with van der Waals surface area (Å²) < 4.78 is 0. The molecule has 1 aromatic rings. The highest BCUT2D eigenvalue weighted by molar-refractivity contribution is 6.30. The van der Waals surface area contributed by atoms with Gasteiger partial charge in [-0.1, -0.05) is 38.1 Å². The Morgan fingerprint density at radius 1 is 1.17 bits per heavy atom. The lowest BCUT2D eigenvalue weighted by Crippen LogP contribution is -2.31. The molecule has 2 heteroatoms. The molecule has 1 aliphatic rings. The zero-order valence-corrected chi connectivity index (χ0v) is 11.0. The summed E-state index contributed by atoms with van der Waals surface area (Å²) in [6.45, 7) is 7.54. The quantitative estimate of drug-likeness (QED) is 0.597. The van der Waals surface area contributed by atoms with Crippen molar-refractivity contribution in [2.45, 2.75) is 33.1 Å². The van der Waals surface area contributed by atoms with E-state index < -0.39 is 5.41 Å². The minimum absolute atomic E-state index is 0.00147. The van der Waals surface area contributed by atoms with Gasteiger partial charge in [-0.15, -0.1) is 6.58 Å². The van der Waals surface area contributed by atoms with Crippen LogP contribution in [0.3, 0.4) is 0 Å². The van der Waals surface area contributed by atoms with Crippen LogP contribution in [-0.2, 0) is 6.42 Å². The number of benzene rings is 1. The van der Waals surface area contributed by atoms with E-state index in [1.165, 1.54) is 0 Å². The fourth-order valence-electron chi connectivity index (χ4n) is 2.88. The van der Waals surface area contributed by atoms with Crippen LogP contribution in [0.15, 0.2) is 30.9 Å². The van der Waals surface area contributed by atoms with Crippen molar-refractivity contribution in [1.82, 2.24) is 0 Å². The molecular weight excluding hydrogens is 224 g/mol. The van der Waals surface area contributed by atoms with Crippen molar-refractivity contribution < 1.29 is 9.59 Å². The van der Waals surface area contributed by atoms with Crippen molar-refractivity contribution in [1.29, 1.82) is 0 Å². The van der Waals surface area contributed by atoms with Crippen molar-refractivity contribution in [2.24, 2.45) is 5.41 Å². The first-order valence-corrected chi connectivity index (χ1v) is 6.44. The summed E-state index contributed by atoms with van der Waals surface area (Å²) in [6, 6.07) is 5.53. The lowest BCUT2D eigenvalue weighted by atomic mass is 9.77. The van der Waals surface area contributed by atoms with E-state index in [0.717, 1.165) is 5.56 Å². The Kier molecular flexibility index (Phi) is 3.20. The van der Waals surface area contributed by atoms with Crippen molar-refractivity contribution >= 4 is 11.6 Å². The molecule has 0 aliphatic heterocycles. The number of ketones is 2. The van der Waals surface area contributed by atoms with Gasteiger partial charge in [0.15, 0.2) is 11.6 Å². The van der Waals surface area contributed by atoms with Crippen LogP contribution in [0.25, 0.3) is 0 Å². The predicted molar refractivity (Wildman–Crippen MR) is 72.0 cm³/mol. The molecule has 0 atom stereocenters. The van der Waals surface area contributed by atoms with Crippen molar-refractivity contribution in [3.63, 3.8) is 0 Å². The van der Waals surface area contributed by atoms with E-state index >= 15 is 0 Å². The monoisotopic (exact) mass is 242 g/mol. The molecule has 2 rings (SSSR count). The van der Waals surface area contributed by atoms with Crippen LogP contribution in [0.4, 0.5) is 0 Å². The van der Waals surface area contributed by atoms with E-state index in [4.69, 9.17) is 0 Å². The average Bonchev–Trinajstić information content (AvgIpc) is 2.61. The predicted octanol–water partition coefficient (Wildman–Crippen LogP) is 3.60. The molecule has 0 bridgehead atoms. The molecule has 18 heavy (non-hydrogen) atoms. The summed E-state index contributed by atoms with van der Waals surface area (Å²) >= 11 is 0. The van der Waals surface area contributed by atoms with Crippen LogP contribution < -0.4 is 0 Å². The van der Waals surface area contributed by atoms with Gasteiger partial charge in [-0.05, 0) is 24.8 Å². The second-order valence-corrected chi connectivity index (χ2v) is 4.78. The van der Waals surface area contributed by atoms with Crippen LogP contribution >= 0.6 is 0 Å². The van der Waals surface area contributed by atoms with E-state index in [1.807, 2.05) is 26.0 Å². The molecule has 0 radical (unpaired) electrons. The van der Waals surface area contributed by atoms with E-state index in [1.54, 1.807) is 12.1 Å². The summed E-state index contributed by atoms with van der Waals surface area (Å²) in [7, 11) is 0. The number of fused-ring (bicyclic) bond motifs is 1. The number of hydrogen-bond acceptors (Lipinski definition) is 2. The fourth-order valence-corrected chi connectivity index (χ4v) is 2.88. The standard InChI is InChI=1S/C16H18O2/c1-4-8-11-9-7-10-12-13(11)15(18)16(5-2,6-3)14(12)17/h4,7,9-10H,1,5-6,8H2,2-3H3. The van der Waals surface area contributed by atoms with Gasteiger partial charge in [-0.2, -0.15) is 0 Å². The van der Waals surface area contributed by atoms with Crippen LogP contribution in [-0.4, -0.2) is 11.6 Å². The number of hydrogen-bond donors (Lipinski definition) is 0. The van der Waals surface area contributed by atoms with Crippen molar-refractivity contribution in [3.05, 3.63) is 47.5 Å². The topological polar surface area (TPSA) is 34.1 Å². The molecule has 0 fully saturated rings. The number of carbonyl (C=O) groups excluding carboxylic acids is 2. The van der Waals surface area contributed by atoms with Gasteiger partial charge in [0, 0.05) is 11.1 Å². The van der Waals surface area contributed by atoms with Gasteiger partial charge in [0.25, 0.3) is 0 Å². The number of rotatable bonds is 4. The summed E-state index contributed by atoms with van der Waals surface area (Å²) in [4.78, 5) is 25.1. The van der Waals surface area contributed by atoms with Crippen LogP contribution in [0, 0.1) is 5.41 Å². The Morgan fingerprint density at radius 3 is 2.39 bits per heavy atom. The highest BCUT2D eigenvalue weighted by Gasteiger charge is 2.50. The zero-order chi connectivity index (χ0) is 13.3. The molecule has 0 saturated heterocycles. The molecule has 0 unspecified atom stereocenters. The van der Waals surface area contributed by atoms with Gasteiger partial charge in [0.2, 0.25) is 0 Å². The maximum atomic E-state index is 12.6. The first kappa shape index (κ1) is 12.7. The van der Waals surface area contributed by atoms with Gasteiger partial charge in [-0.25, -0.2) is 0 Å². The second kappa shape index (κ2) is 4.52. The van der Waals surface area contributed by atoms with Gasteiger partial charge in [-0.3, -0.25) is 9.59 Å². The third-order valence-corrected chi connectivity index (χ3v) is 4.06. The second-order valence-electron chi connectivity index (χ2n) is 4.78. The van der Waals surface area contributed by atoms with Gasteiger partial charge in [0.1, 0.15) is 0 Å². The van der Waals surface area contributed by atoms with E-state index in [0.29, 0.717) is 30.4 Å². The molecule has 1 aromatic carbocycles. The average molecular weight is 242 g/mol. The van der Waals surface area contributed by atoms with Crippen molar-refractivity contribution in [2.75, 3.05) is 0 Å². The molecule has 0 N–H and O–H groups in total. The number of Topliss-reactive ketones (excluding diaryl/α,β-unsaturated/α-hetero) is 2. The normalized spacial score (nSPS) is 16.8. The maximum Gasteiger partial charge on any atom is 0.177 e. The highest BCUT2D eigenvalue weighted by atomic mass is 16.2. The molecule has 1 aliphatic carbocycles. The largest absolute Gasteiger partial charge is 0.293 e. The van der Waals surface area contributed by atoms with Gasteiger partial charge < -0.3 is 0 Å². The summed E-state index contributed by atoms with van der Waals surface area (Å²) in [6.07, 6.45) is 3.55. The minimum atomic E-state index is -0.820. The number of allylic oxidation sites excluding steroid dienone is 1. The molecule has 0 aromatic heterocycles. The van der Waals surface area contributed by atoms with Gasteiger partial charge >= 0.3 is 0 Å². The minimum Gasteiger partial charge on any atom is -0.293 e. The SMILES string of the molecule is C=CCc1cccc2c1C(=O)C(CC)(CC)C2=O. The van der Waals surface area contributed by atoms with Crippen LogP contribution in [0.5, 0.6) is 0 Å². The Labute approximate surface area is 108 Å². The Bertz CT molecular complexity index is 522. The van der Waals surface area contributed by atoms with E-state index in [-0.39, 0.29) is 11.6 Å². The molecule has 0 amide bonds. The lowest BCUT2D eigenvalue weighted by Gasteiger charge is -2.21. The first-order valence-electron chi connectivity index (χ1n) is 6.44. The molecule has 2 nitrogen and oxygen atoms in total. The van der Waals surface area contributed by atoms with Crippen LogP contribution in [0.1, 0.15) is 53.0 Å². The Morgan fingerprint density at radius 2 is 1.83 bits per heavy atom. The lowest BCUT2D eigenvalue weighted by molar-refractivity contribution is 0.0683. The first-order chi connectivity index (χ1) is 8.62. The van der Waals surface area contributed by atoms with E-state index in [9.17, 15) is 9.59 Å². The van der Waals surface area contributed by atoms with Crippen LogP contribution in [0.2, 0.25) is 0 Å². The molecule has 94 valence electrons. The highest BCUT2D eigenvalue weighted by Crippen LogP contribution is 2.43. The summed E-state index contributed by atoms with van der Waals surface area (Å²) in [5, 5.41) is 0. The summed E-state index contributed by atoms with van der Waals surface area (Å²) in [5.41, 5.74) is 1.33. The molecule has 0 saturated carbocycles. The molecule has 0 spiro atoms. The Hall–Kier alpha value is -1.70. The third-order valence-electron chi connectivity index (χ3n) is 4.06. The summed E-state index contributed by atoms with van der Waals surface area (Å²) in [5.74, 6) is 0.00311. The molecular formula is C16H18O2. The molecule has 0 heterocycles. The zero-order valence-electron chi connectivity index (χ0n) is 11.0.